The molecule has 1 heterocycles. The van der Waals surface area contributed by atoms with Gasteiger partial charge in [0.2, 0.25) is 0 Å². The number of hydrogen-bond acceptors (Lipinski definition) is 6. The van der Waals surface area contributed by atoms with E-state index in [0.29, 0.717) is 6.42 Å². The van der Waals surface area contributed by atoms with Crippen LogP contribution in [-0.4, -0.2) is 53.3 Å². The van der Waals surface area contributed by atoms with Gasteiger partial charge in [0.25, 0.3) is 17.7 Å². The fourth-order valence-electron chi connectivity index (χ4n) is 2.28. The van der Waals surface area contributed by atoms with Gasteiger partial charge in [0.15, 0.2) is 6.61 Å². The minimum Gasteiger partial charge on any atom is -0.454 e. The van der Waals surface area contributed by atoms with Gasteiger partial charge in [-0.05, 0) is 25.5 Å². The van der Waals surface area contributed by atoms with Crippen LogP contribution >= 0.6 is 0 Å². The average molecular weight is 361 g/mol. The van der Waals surface area contributed by atoms with Crippen LogP contribution in [0.15, 0.2) is 30.3 Å². The van der Waals surface area contributed by atoms with Gasteiger partial charge in [-0.25, -0.2) is 4.79 Å². The lowest BCUT2D eigenvalue weighted by molar-refractivity contribution is -0.150. The Labute approximate surface area is 149 Å². The van der Waals surface area contributed by atoms with Gasteiger partial charge < -0.3 is 10.1 Å². The Hall–Kier alpha value is -3.23. The van der Waals surface area contributed by atoms with E-state index in [4.69, 9.17) is 4.74 Å². The molecule has 1 aromatic carbocycles. The summed E-state index contributed by atoms with van der Waals surface area (Å²) in [5.41, 5.74) is -0.776. The molecular weight excluding hydrogens is 342 g/mol. The molecule has 2 rings (SSSR count). The van der Waals surface area contributed by atoms with Crippen LogP contribution in [0.2, 0.25) is 0 Å². The standard InChI is InChI=1S/C17H19N3O6/c1-3-17(2)15(24)20(16(25)19-17)9-13(22)26-10-12(21)18-14(23)11-7-5-4-6-8-11/h4-8H,3,9-10H2,1-2H3,(H,19,25)(H,18,21,23)/t17-/m1/s1. The van der Waals surface area contributed by atoms with Crippen molar-refractivity contribution in [2.24, 2.45) is 0 Å². The van der Waals surface area contributed by atoms with Gasteiger partial charge in [0.1, 0.15) is 12.1 Å². The Morgan fingerprint density at radius 1 is 1.19 bits per heavy atom. The number of nitrogens with one attached hydrogen (secondary N) is 2. The number of urea groups is 1. The third-order valence-electron chi connectivity index (χ3n) is 3.99. The normalized spacial score (nSPS) is 19.1. The van der Waals surface area contributed by atoms with Crippen molar-refractivity contribution in [2.75, 3.05) is 13.2 Å². The van der Waals surface area contributed by atoms with Gasteiger partial charge in [0, 0.05) is 5.56 Å². The van der Waals surface area contributed by atoms with Gasteiger partial charge in [-0.15, -0.1) is 0 Å². The highest BCUT2D eigenvalue weighted by Crippen LogP contribution is 2.20. The maximum absolute atomic E-state index is 12.2. The smallest absolute Gasteiger partial charge is 0.326 e. The fourth-order valence-corrected chi connectivity index (χ4v) is 2.28. The van der Waals surface area contributed by atoms with Crippen LogP contribution in [0.5, 0.6) is 0 Å². The number of carbonyl (C=O) groups excluding carboxylic acids is 5. The number of nitrogens with zero attached hydrogens (tertiary/aromatic N) is 1. The molecule has 0 aromatic heterocycles. The summed E-state index contributed by atoms with van der Waals surface area (Å²) < 4.78 is 4.72. The number of carbonyl (C=O) groups is 5. The zero-order valence-corrected chi connectivity index (χ0v) is 14.4. The van der Waals surface area contributed by atoms with Crippen LogP contribution in [0.25, 0.3) is 0 Å². The monoisotopic (exact) mass is 361 g/mol. The van der Waals surface area contributed by atoms with Crippen LogP contribution in [0.3, 0.4) is 0 Å². The van der Waals surface area contributed by atoms with Crippen molar-refractivity contribution < 1.29 is 28.7 Å². The molecule has 9 heteroatoms. The second-order valence-electron chi connectivity index (χ2n) is 5.91. The maximum atomic E-state index is 12.2. The molecule has 0 bridgehead atoms. The summed E-state index contributed by atoms with van der Waals surface area (Å²) in [7, 11) is 0. The van der Waals surface area contributed by atoms with E-state index in [9.17, 15) is 24.0 Å². The van der Waals surface area contributed by atoms with Crippen LogP contribution in [0.1, 0.15) is 30.6 Å². The van der Waals surface area contributed by atoms with Crippen molar-refractivity contribution in [1.29, 1.82) is 0 Å². The Kier molecular flexibility index (Phi) is 5.71. The highest BCUT2D eigenvalue weighted by atomic mass is 16.5. The second-order valence-corrected chi connectivity index (χ2v) is 5.91. The summed E-state index contributed by atoms with van der Waals surface area (Å²) in [5, 5.41) is 4.57. The van der Waals surface area contributed by atoms with E-state index in [1.54, 1.807) is 32.0 Å². The predicted octanol–water partition coefficient (Wildman–Crippen LogP) is 0.207. The Bertz CT molecular complexity index is 748. The van der Waals surface area contributed by atoms with Crippen molar-refractivity contribution in [2.45, 2.75) is 25.8 Å². The molecule has 0 unspecified atom stereocenters. The van der Waals surface area contributed by atoms with E-state index in [2.05, 4.69) is 10.6 Å². The summed E-state index contributed by atoms with van der Waals surface area (Å²) in [6, 6.07) is 7.36. The van der Waals surface area contributed by atoms with E-state index >= 15 is 0 Å². The molecule has 0 radical (unpaired) electrons. The zero-order chi connectivity index (χ0) is 19.3. The second kappa shape index (κ2) is 7.77. The molecule has 0 aliphatic carbocycles. The molecule has 0 saturated carbocycles. The Morgan fingerprint density at radius 2 is 1.85 bits per heavy atom. The lowest BCUT2D eigenvalue weighted by Gasteiger charge is -2.18. The van der Waals surface area contributed by atoms with Gasteiger partial charge in [0.05, 0.1) is 0 Å². The van der Waals surface area contributed by atoms with E-state index in [-0.39, 0.29) is 5.56 Å². The van der Waals surface area contributed by atoms with Crippen LogP contribution < -0.4 is 10.6 Å². The molecule has 9 nitrogen and oxygen atoms in total. The van der Waals surface area contributed by atoms with E-state index < -0.39 is 48.4 Å². The molecule has 1 aromatic rings. The van der Waals surface area contributed by atoms with Crippen molar-refractivity contribution in [3.63, 3.8) is 0 Å². The number of rotatable bonds is 6. The molecule has 1 saturated heterocycles. The lowest BCUT2D eigenvalue weighted by atomic mass is 9.99. The first-order valence-electron chi connectivity index (χ1n) is 7.96. The van der Waals surface area contributed by atoms with Crippen molar-refractivity contribution >= 4 is 29.7 Å². The van der Waals surface area contributed by atoms with E-state index in [1.807, 2.05) is 0 Å². The molecule has 1 atom stereocenters. The molecule has 1 aliphatic heterocycles. The number of benzene rings is 1. The number of imide groups is 2. The molecule has 26 heavy (non-hydrogen) atoms. The van der Waals surface area contributed by atoms with Crippen molar-refractivity contribution in [3.05, 3.63) is 35.9 Å². The summed E-state index contributed by atoms with van der Waals surface area (Å²) >= 11 is 0. The lowest BCUT2D eigenvalue weighted by Crippen LogP contribution is -2.43. The first kappa shape index (κ1) is 19.1. The fraction of sp³-hybridized carbons (Fsp3) is 0.353. The van der Waals surface area contributed by atoms with Crippen molar-refractivity contribution in [3.8, 4) is 0 Å². The average Bonchev–Trinajstić information content (AvgIpc) is 2.84. The molecule has 138 valence electrons. The molecule has 0 spiro atoms. The molecule has 5 amide bonds. The van der Waals surface area contributed by atoms with E-state index in [0.717, 1.165) is 4.90 Å². The first-order valence-corrected chi connectivity index (χ1v) is 7.96. The predicted molar refractivity (Wildman–Crippen MR) is 88.8 cm³/mol. The minimum absolute atomic E-state index is 0.283. The molecule has 2 N–H and O–H groups in total. The SMILES string of the molecule is CC[C@@]1(C)NC(=O)N(CC(=O)OCC(=O)NC(=O)c2ccccc2)C1=O. The third-order valence-corrected chi connectivity index (χ3v) is 3.99. The highest BCUT2D eigenvalue weighted by Gasteiger charge is 2.47. The van der Waals surface area contributed by atoms with Crippen LogP contribution in [0, 0.1) is 0 Å². The quantitative estimate of drug-likeness (QED) is 0.552. The first-order chi connectivity index (χ1) is 12.3. The number of amides is 5. The maximum Gasteiger partial charge on any atom is 0.326 e. The van der Waals surface area contributed by atoms with Gasteiger partial charge >= 0.3 is 12.0 Å². The van der Waals surface area contributed by atoms with Gasteiger partial charge in [-0.2, -0.15) is 0 Å². The summed E-state index contributed by atoms with van der Waals surface area (Å²) in [5.74, 6) is -2.91. The third kappa shape index (κ3) is 4.24. The van der Waals surface area contributed by atoms with Crippen LogP contribution in [-0.2, 0) is 19.1 Å². The minimum atomic E-state index is -1.06. The number of esters is 1. The van der Waals surface area contributed by atoms with Gasteiger partial charge in [-0.3, -0.25) is 29.4 Å². The Balaban J connectivity index is 1.82. The largest absolute Gasteiger partial charge is 0.454 e. The summed E-state index contributed by atoms with van der Waals surface area (Å²) in [6.07, 6.45) is 0.368. The van der Waals surface area contributed by atoms with Crippen LogP contribution in [0.4, 0.5) is 4.79 Å². The molecule has 1 aliphatic rings. The molecule has 1 fully saturated rings. The highest BCUT2D eigenvalue weighted by molar-refractivity contribution is 6.08. The zero-order valence-electron chi connectivity index (χ0n) is 14.4. The Morgan fingerprint density at radius 3 is 2.42 bits per heavy atom. The summed E-state index contributed by atoms with van der Waals surface area (Å²) in [6.45, 7) is 1.97. The summed E-state index contributed by atoms with van der Waals surface area (Å²) in [4.78, 5) is 59.9. The number of hydrogen-bond donors (Lipinski definition) is 2. The molecular formula is C17H19N3O6. The van der Waals surface area contributed by atoms with E-state index in [1.165, 1.54) is 12.1 Å². The van der Waals surface area contributed by atoms with Crippen molar-refractivity contribution in [1.82, 2.24) is 15.5 Å². The number of ether oxygens (including phenoxy) is 1. The topological polar surface area (TPSA) is 122 Å². The van der Waals surface area contributed by atoms with Gasteiger partial charge in [-0.1, -0.05) is 25.1 Å².